The number of hydrogen-bond acceptors (Lipinski definition) is 5. The van der Waals surface area contributed by atoms with Gasteiger partial charge in [-0.05, 0) is 24.3 Å². The van der Waals surface area contributed by atoms with Crippen molar-refractivity contribution in [3.63, 3.8) is 0 Å². The third kappa shape index (κ3) is 3.20. The van der Waals surface area contributed by atoms with Crippen LogP contribution in [0.5, 0.6) is 0 Å². The number of rotatable bonds is 4. The van der Waals surface area contributed by atoms with Gasteiger partial charge in [0.25, 0.3) is 5.91 Å². The summed E-state index contributed by atoms with van der Waals surface area (Å²) in [6.07, 6.45) is 0. The molecule has 108 valence electrons. The predicted molar refractivity (Wildman–Crippen MR) is 72.3 cm³/mol. The summed E-state index contributed by atoms with van der Waals surface area (Å²) in [7, 11) is 0. The first kappa shape index (κ1) is 14.6. The van der Waals surface area contributed by atoms with Crippen molar-refractivity contribution < 1.29 is 24.0 Å². The van der Waals surface area contributed by atoms with Crippen molar-refractivity contribution in [1.29, 1.82) is 0 Å². The van der Waals surface area contributed by atoms with E-state index < -0.39 is 22.6 Å². The van der Waals surface area contributed by atoms with E-state index in [4.69, 9.17) is 5.11 Å². The van der Waals surface area contributed by atoms with Crippen molar-refractivity contribution >= 4 is 33.9 Å². The highest BCUT2D eigenvalue weighted by Gasteiger charge is 2.17. The Bertz CT molecular complexity index is 743. The van der Waals surface area contributed by atoms with E-state index in [1.807, 2.05) is 0 Å². The molecule has 2 rings (SSSR count). The van der Waals surface area contributed by atoms with Crippen molar-refractivity contribution in [1.82, 2.24) is 0 Å². The zero-order valence-electron chi connectivity index (χ0n) is 10.2. The minimum Gasteiger partial charge on any atom is -0.478 e. The Morgan fingerprint density at radius 3 is 2.52 bits per heavy atom. The van der Waals surface area contributed by atoms with Crippen LogP contribution in [-0.4, -0.2) is 21.9 Å². The number of anilines is 1. The quantitative estimate of drug-likeness (QED) is 0.666. The number of carbonyl (C=O) groups is 2. The molecule has 21 heavy (non-hydrogen) atoms. The number of aromatic carboxylic acids is 1. The molecule has 0 aliphatic carbocycles. The van der Waals surface area contributed by atoms with Crippen molar-refractivity contribution in [2.75, 3.05) is 5.32 Å². The summed E-state index contributed by atoms with van der Waals surface area (Å²) < 4.78 is 13.6. The summed E-state index contributed by atoms with van der Waals surface area (Å²) in [5.74, 6) is -2.91. The Kier molecular flexibility index (Phi) is 3.94. The number of nitro groups is 1. The number of carboxylic acids is 1. The molecule has 0 atom stereocenters. The van der Waals surface area contributed by atoms with Gasteiger partial charge in [0.05, 0.1) is 21.1 Å². The summed E-state index contributed by atoms with van der Waals surface area (Å²) in [6.45, 7) is 0. The van der Waals surface area contributed by atoms with Gasteiger partial charge in [0.15, 0.2) is 0 Å². The van der Waals surface area contributed by atoms with Crippen molar-refractivity contribution in [2.45, 2.75) is 0 Å². The average Bonchev–Trinajstić information content (AvgIpc) is 2.90. The third-order valence-electron chi connectivity index (χ3n) is 2.46. The van der Waals surface area contributed by atoms with Crippen LogP contribution in [0.15, 0.2) is 30.3 Å². The van der Waals surface area contributed by atoms with Crippen molar-refractivity contribution in [3.8, 4) is 0 Å². The van der Waals surface area contributed by atoms with Gasteiger partial charge in [-0.1, -0.05) is 11.3 Å². The van der Waals surface area contributed by atoms with Crippen LogP contribution in [0.25, 0.3) is 0 Å². The van der Waals surface area contributed by atoms with E-state index in [-0.39, 0.29) is 21.1 Å². The molecule has 1 aromatic heterocycles. The van der Waals surface area contributed by atoms with Gasteiger partial charge in [-0.15, -0.1) is 0 Å². The topological polar surface area (TPSA) is 110 Å². The minimum absolute atomic E-state index is 0.0448. The number of nitrogens with one attached hydrogen (secondary N) is 1. The summed E-state index contributed by atoms with van der Waals surface area (Å²) >= 11 is 0.655. The maximum absolute atomic E-state index is 13.6. The van der Waals surface area contributed by atoms with E-state index in [0.717, 1.165) is 18.2 Å². The lowest BCUT2D eigenvalue weighted by Gasteiger charge is -2.05. The van der Waals surface area contributed by atoms with Crippen LogP contribution in [0, 0.1) is 15.9 Å². The number of amides is 1. The first-order chi connectivity index (χ1) is 9.88. The van der Waals surface area contributed by atoms with Gasteiger partial charge in [0.2, 0.25) is 0 Å². The van der Waals surface area contributed by atoms with Gasteiger partial charge in [-0.25, -0.2) is 9.18 Å². The molecule has 0 unspecified atom stereocenters. The van der Waals surface area contributed by atoms with Gasteiger partial charge in [-0.2, -0.15) is 0 Å². The standard InChI is InChI=1S/C12H7FN2O5S/c13-7-5-6(12(17)18)1-2-8(7)14-11(16)9-3-4-10(21-9)15(19)20/h1-5H,(H,14,16)(H,17,18). The fraction of sp³-hybridized carbons (Fsp3) is 0. The van der Waals surface area contributed by atoms with Crippen LogP contribution in [0.1, 0.15) is 20.0 Å². The third-order valence-corrected chi connectivity index (χ3v) is 3.50. The molecule has 1 heterocycles. The number of carboxylic acid groups (broad SMARTS) is 1. The molecule has 7 nitrogen and oxygen atoms in total. The monoisotopic (exact) mass is 310 g/mol. The van der Waals surface area contributed by atoms with E-state index >= 15 is 0 Å². The molecule has 0 aliphatic rings. The number of thiophene rings is 1. The van der Waals surface area contributed by atoms with Gasteiger partial charge in [0.1, 0.15) is 5.82 Å². The maximum Gasteiger partial charge on any atom is 0.335 e. The van der Waals surface area contributed by atoms with Crippen LogP contribution in [-0.2, 0) is 0 Å². The Hall–Kier alpha value is -2.81. The highest BCUT2D eigenvalue weighted by atomic mass is 32.1. The Morgan fingerprint density at radius 2 is 2.00 bits per heavy atom. The SMILES string of the molecule is O=C(O)c1ccc(NC(=O)c2ccc([N+](=O)[O-])s2)c(F)c1. The smallest absolute Gasteiger partial charge is 0.335 e. The largest absolute Gasteiger partial charge is 0.478 e. The van der Waals surface area contributed by atoms with Crippen LogP contribution >= 0.6 is 11.3 Å². The first-order valence-electron chi connectivity index (χ1n) is 5.47. The van der Waals surface area contributed by atoms with Crippen LogP contribution in [0.2, 0.25) is 0 Å². The van der Waals surface area contributed by atoms with E-state index in [1.165, 1.54) is 12.1 Å². The number of benzene rings is 1. The minimum atomic E-state index is -1.29. The molecule has 1 amide bonds. The lowest BCUT2D eigenvalue weighted by atomic mass is 10.2. The molecule has 0 spiro atoms. The predicted octanol–water partition coefficient (Wildman–Crippen LogP) is 2.75. The Labute approximate surface area is 120 Å². The van der Waals surface area contributed by atoms with Gasteiger partial charge >= 0.3 is 11.0 Å². The number of carbonyl (C=O) groups excluding carboxylic acids is 1. The molecule has 0 fully saturated rings. The molecular weight excluding hydrogens is 303 g/mol. The second-order valence-corrected chi connectivity index (χ2v) is 4.91. The average molecular weight is 310 g/mol. The summed E-state index contributed by atoms with van der Waals surface area (Å²) in [6, 6.07) is 5.44. The Morgan fingerprint density at radius 1 is 1.29 bits per heavy atom. The van der Waals surface area contributed by atoms with Crippen molar-refractivity contribution in [3.05, 3.63) is 56.7 Å². The summed E-state index contributed by atoms with van der Waals surface area (Å²) in [5.41, 5.74) is -0.460. The van der Waals surface area contributed by atoms with E-state index in [1.54, 1.807) is 0 Å². The second kappa shape index (κ2) is 5.67. The highest BCUT2D eigenvalue weighted by Crippen LogP contribution is 2.25. The van der Waals surface area contributed by atoms with E-state index in [2.05, 4.69) is 5.32 Å². The van der Waals surface area contributed by atoms with Crippen LogP contribution in [0.3, 0.4) is 0 Å². The molecule has 0 saturated carbocycles. The molecule has 2 aromatic rings. The molecule has 0 bridgehead atoms. The first-order valence-corrected chi connectivity index (χ1v) is 6.28. The Balaban J connectivity index is 2.19. The lowest BCUT2D eigenvalue weighted by Crippen LogP contribution is -2.12. The van der Waals surface area contributed by atoms with E-state index in [9.17, 15) is 24.1 Å². The zero-order chi connectivity index (χ0) is 15.6. The molecule has 2 N–H and O–H groups in total. The second-order valence-electron chi connectivity index (χ2n) is 3.85. The van der Waals surface area contributed by atoms with E-state index in [0.29, 0.717) is 11.3 Å². The van der Waals surface area contributed by atoms with Gasteiger partial charge in [-0.3, -0.25) is 14.9 Å². The lowest BCUT2D eigenvalue weighted by molar-refractivity contribution is -0.380. The van der Waals surface area contributed by atoms with Crippen LogP contribution < -0.4 is 5.32 Å². The molecule has 0 radical (unpaired) electrons. The number of halogens is 1. The zero-order valence-corrected chi connectivity index (χ0v) is 11.0. The summed E-state index contributed by atoms with van der Waals surface area (Å²) in [5, 5.41) is 21.2. The van der Waals surface area contributed by atoms with Crippen LogP contribution in [0.4, 0.5) is 15.1 Å². The molecule has 1 aromatic carbocycles. The fourth-order valence-electron chi connectivity index (χ4n) is 1.48. The van der Waals surface area contributed by atoms with Gasteiger partial charge in [0, 0.05) is 6.07 Å². The number of hydrogen-bond donors (Lipinski definition) is 2. The molecule has 9 heteroatoms. The van der Waals surface area contributed by atoms with Gasteiger partial charge < -0.3 is 10.4 Å². The highest BCUT2D eigenvalue weighted by molar-refractivity contribution is 7.17. The fourth-order valence-corrected chi connectivity index (χ4v) is 2.20. The van der Waals surface area contributed by atoms with Crippen molar-refractivity contribution in [2.24, 2.45) is 0 Å². The molecule has 0 aliphatic heterocycles. The normalized spacial score (nSPS) is 10.1. The molecule has 0 saturated heterocycles. The molecular formula is C12H7FN2O5S. The summed E-state index contributed by atoms with van der Waals surface area (Å²) in [4.78, 5) is 32.4. The number of nitrogens with zero attached hydrogens (tertiary/aromatic N) is 1. The maximum atomic E-state index is 13.6.